The Morgan fingerprint density at radius 1 is 0.571 bits per heavy atom. The Balaban J connectivity index is 0.000000224. The third-order valence-electron chi connectivity index (χ3n) is 12.3. The van der Waals surface area contributed by atoms with Crippen LogP contribution >= 0.6 is 0 Å². The van der Waals surface area contributed by atoms with Gasteiger partial charge in [0, 0.05) is 92.9 Å². The van der Waals surface area contributed by atoms with E-state index in [1.807, 2.05) is 68.0 Å². The van der Waals surface area contributed by atoms with Crippen molar-refractivity contribution in [3.63, 3.8) is 0 Å². The smallest absolute Gasteiger partial charge is 0.413 e. The maximum Gasteiger partial charge on any atom is 0.413 e. The molecule has 8 rings (SSSR count). The van der Waals surface area contributed by atoms with Gasteiger partial charge in [0.2, 0.25) is 0 Å². The molecule has 2 saturated heterocycles. The van der Waals surface area contributed by atoms with Crippen LogP contribution in [0, 0.1) is 0 Å². The fraction of sp³-hybridized carbons (Fsp3) is 0.585. The molecule has 8 heterocycles. The highest BCUT2D eigenvalue weighted by molar-refractivity contribution is 5.87. The van der Waals surface area contributed by atoms with E-state index in [4.69, 9.17) is 33.7 Å². The number of amides is 4. The molecule has 6 aromatic heterocycles. The van der Waals surface area contributed by atoms with Crippen molar-refractivity contribution in [1.29, 1.82) is 0 Å². The lowest BCUT2D eigenvalue weighted by Crippen LogP contribution is -2.50. The zero-order valence-electron chi connectivity index (χ0n) is 47.1. The van der Waals surface area contributed by atoms with Gasteiger partial charge in [-0.05, 0) is 109 Å². The number of aliphatic hydroxyl groups excluding tert-OH is 1. The highest BCUT2D eigenvalue weighted by Crippen LogP contribution is 2.36. The number of piperidine rings is 2. The standard InChI is InChI=1S/C27H39N7O5.C26H37N7O5/c1-26(2,3)38-24(35)31-22-11-21(30-23-20(13-29-34(22)23)18-12-28-32(7)14-18)17-9-10-19(16-37-8)33(15-17)25(36)39-27(4,5)6;1-25(2,3)37-23(35)30-21-10-20(29-22-19(12-28-33(21)22)17-11-27-31(7)13-17)16-8-9-18(15-34)32(14-16)24(36)38-26(4,5)6/h11-14,17,19H,9-10,15-16H2,1-8H3,(H,31,35);10-13,16,18,34H,8-9,14-15H2,1-7H3,(H,30,35)/t17-,19-;16-,18-/m00/s1. The minimum absolute atomic E-state index is 0.105. The van der Waals surface area contributed by atoms with Gasteiger partial charge in [-0.1, -0.05) is 0 Å². The lowest BCUT2D eigenvalue weighted by atomic mass is 9.90. The number of carbonyl (C=O) groups excluding carboxylic acids is 4. The van der Waals surface area contributed by atoms with E-state index in [2.05, 4.69) is 31.0 Å². The minimum Gasteiger partial charge on any atom is -0.444 e. The van der Waals surface area contributed by atoms with Crippen LogP contribution in [0.25, 0.3) is 33.5 Å². The maximum absolute atomic E-state index is 13.2. The van der Waals surface area contributed by atoms with Crippen LogP contribution in [0.2, 0.25) is 0 Å². The van der Waals surface area contributed by atoms with Gasteiger partial charge < -0.3 is 38.6 Å². The lowest BCUT2D eigenvalue weighted by Gasteiger charge is -2.39. The normalized spacial score (nSPS) is 18.4. The number of aryl methyl sites for hydroxylation is 2. The number of methoxy groups -OCH3 is 1. The third kappa shape index (κ3) is 14.8. The van der Waals surface area contributed by atoms with E-state index in [1.165, 1.54) is 0 Å². The summed E-state index contributed by atoms with van der Waals surface area (Å²) in [6.45, 7) is 22.7. The zero-order chi connectivity index (χ0) is 56.4. The van der Waals surface area contributed by atoms with Crippen LogP contribution in [0.3, 0.4) is 0 Å². The summed E-state index contributed by atoms with van der Waals surface area (Å²) in [7, 11) is 5.30. The Hall–Kier alpha value is -7.34. The summed E-state index contributed by atoms with van der Waals surface area (Å²) in [5, 5.41) is 33.1. The monoisotopic (exact) mass is 1070 g/mol. The van der Waals surface area contributed by atoms with E-state index < -0.39 is 40.7 Å². The van der Waals surface area contributed by atoms with Gasteiger partial charge in [0.05, 0.1) is 61.5 Å². The van der Waals surface area contributed by atoms with E-state index in [-0.39, 0.29) is 36.6 Å². The number of fused-ring (bicyclic) bond motifs is 2. The SMILES string of the molecule is COC[C@@H]1CC[C@H](c2cc(NC(=O)OC(C)(C)C)n3ncc(-c4cnn(C)c4)c3n2)CN1C(=O)OC(C)(C)C.Cn1cc(-c2cnn3c(NC(=O)OC(C)(C)C)cc([C@H]4CC[C@@H](CO)N(C(=O)OC(C)(C)C)C4)nc23)cn1. The quantitative estimate of drug-likeness (QED) is 0.115. The molecule has 2 aliphatic heterocycles. The molecule has 4 amide bonds. The van der Waals surface area contributed by atoms with Crippen LogP contribution in [0.4, 0.5) is 30.8 Å². The van der Waals surface area contributed by atoms with Crippen molar-refractivity contribution in [3.05, 3.63) is 60.7 Å². The summed E-state index contributed by atoms with van der Waals surface area (Å²) in [6, 6.07) is 3.11. The highest BCUT2D eigenvalue weighted by atomic mass is 16.6. The molecule has 0 unspecified atom stereocenters. The lowest BCUT2D eigenvalue weighted by molar-refractivity contribution is -0.00549. The number of aromatic nitrogens is 10. The van der Waals surface area contributed by atoms with Crippen LogP contribution in [-0.4, -0.2) is 156 Å². The van der Waals surface area contributed by atoms with Crippen LogP contribution in [0.1, 0.15) is 132 Å². The molecule has 77 heavy (non-hydrogen) atoms. The van der Waals surface area contributed by atoms with E-state index in [1.54, 1.807) is 114 Å². The molecular weight excluding hydrogens is 993 g/mol. The Morgan fingerprint density at radius 2 is 0.961 bits per heavy atom. The number of aliphatic hydroxyl groups is 1. The molecule has 0 saturated carbocycles. The van der Waals surface area contributed by atoms with Gasteiger partial charge in [-0.25, -0.2) is 29.1 Å². The van der Waals surface area contributed by atoms with E-state index >= 15 is 0 Å². The van der Waals surface area contributed by atoms with Gasteiger partial charge in [-0.2, -0.15) is 29.4 Å². The number of nitrogens with one attached hydrogen (secondary N) is 2. The van der Waals surface area contributed by atoms with Crippen LogP contribution in [0.15, 0.2) is 49.3 Å². The first kappa shape index (κ1) is 57.4. The molecule has 0 aromatic carbocycles. The van der Waals surface area contributed by atoms with E-state index in [9.17, 15) is 24.3 Å². The number of hydrogen-bond donors (Lipinski definition) is 3. The summed E-state index contributed by atoms with van der Waals surface area (Å²) in [5.41, 5.74) is 3.07. The second kappa shape index (κ2) is 22.7. The molecule has 0 spiro atoms. The van der Waals surface area contributed by atoms with E-state index in [0.717, 1.165) is 34.4 Å². The first-order valence-electron chi connectivity index (χ1n) is 25.8. The van der Waals surface area contributed by atoms with Crippen LogP contribution in [0.5, 0.6) is 0 Å². The van der Waals surface area contributed by atoms with Gasteiger partial charge in [-0.3, -0.25) is 20.0 Å². The Bertz CT molecular complexity index is 3060. The van der Waals surface area contributed by atoms with Gasteiger partial charge >= 0.3 is 24.4 Å². The fourth-order valence-electron chi connectivity index (χ4n) is 9.08. The zero-order valence-corrected chi connectivity index (χ0v) is 47.1. The first-order chi connectivity index (χ1) is 36.0. The third-order valence-corrected chi connectivity index (χ3v) is 12.3. The number of anilines is 2. The predicted molar refractivity (Wildman–Crippen MR) is 286 cm³/mol. The number of nitrogens with zero attached hydrogens (tertiary/aromatic N) is 12. The molecule has 24 heteroatoms. The molecule has 24 nitrogen and oxygen atoms in total. The van der Waals surface area contributed by atoms with Gasteiger partial charge in [0.15, 0.2) is 11.3 Å². The van der Waals surface area contributed by atoms with Crippen molar-refractivity contribution < 1.29 is 48.0 Å². The Kier molecular flexibility index (Phi) is 16.9. The summed E-state index contributed by atoms with van der Waals surface area (Å²) in [6.07, 6.45) is 11.3. The second-order valence-electron chi connectivity index (χ2n) is 23.5. The van der Waals surface area contributed by atoms with Crippen LogP contribution < -0.4 is 10.6 Å². The molecule has 6 aromatic rings. The predicted octanol–water partition coefficient (Wildman–Crippen LogP) is 8.56. The number of rotatable bonds is 9. The molecule has 418 valence electrons. The number of likely N-dealkylation sites (tertiary alicyclic amines) is 2. The Labute approximate surface area is 448 Å². The van der Waals surface area contributed by atoms with Gasteiger partial charge in [0.1, 0.15) is 34.0 Å². The van der Waals surface area contributed by atoms with Crippen molar-refractivity contribution in [1.82, 2.24) is 58.6 Å². The largest absolute Gasteiger partial charge is 0.444 e. The molecule has 0 bridgehead atoms. The molecule has 0 aliphatic carbocycles. The van der Waals surface area contributed by atoms with Crippen molar-refractivity contribution in [3.8, 4) is 22.3 Å². The van der Waals surface area contributed by atoms with Gasteiger partial charge in [-0.15, -0.1) is 0 Å². The van der Waals surface area contributed by atoms with Crippen molar-refractivity contribution >= 4 is 47.3 Å². The van der Waals surface area contributed by atoms with Crippen molar-refractivity contribution in [2.75, 3.05) is 44.0 Å². The van der Waals surface area contributed by atoms with E-state index in [0.29, 0.717) is 67.6 Å². The molecular formula is C53H76N14O10. The fourth-order valence-corrected chi connectivity index (χ4v) is 9.08. The first-order valence-corrected chi connectivity index (χ1v) is 25.8. The molecule has 4 atom stereocenters. The van der Waals surface area contributed by atoms with Gasteiger partial charge in [0.25, 0.3) is 0 Å². The summed E-state index contributed by atoms with van der Waals surface area (Å²) < 4.78 is 34.2. The summed E-state index contributed by atoms with van der Waals surface area (Å²) in [5.74, 6) is 0.544. The van der Waals surface area contributed by atoms with Crippen LogP contribution in [-0.2, 0) is 37.8 Å². The molecule has 0 radical (unpaired) electrons. The van der Waals surface area contributed by atoms with Crippen molar-refractivity contribution in [2.45, 2.75) is 155 Å². The van der Waals surface area contributed by atoms with Crippen molar-refractivity contribution in [2.24, 2.45) is 14.1 Å². The molecule has 2 fully saturated rings. The maximum atomic E-state index is 13.2. The number of hydrogen-bond acceptors (Lipinski definition) is 16. The summed E-state index contributed by atoms with van der Waals surface area (Å²) in [4.78, 5) is 64.8. The highest BCUT2D eigenvalue weighted by Gasteiger charge is 2.38. The Morgan fingerprint density at radius 3 is 1.31 bits per heavy atom. The number of carbonyl (C=O) groups is 4. The summed E-state index contributed by atoms with van der Waals surface area (Å²) >= 11 is 0. The second-order valence-corrected chi connectivity index (χ2v) is 23.5. The minimum atomic E-state index is -0.680. The average molecular weight is 1070 g/mol. The topological polar surface area (TPSA) is 261 Å². The number of ether oxygens (including phenoxy) is 5. The molecule has 3 N–H and O–H groups in total. The molecule has 2 aliphatic rings. The average Bonchev–Trinajstić information content (AvgIpc) is 4.17.